The van der Waals surface area contributed by atoms with Gasteiger partial charge in [-0.2, -0.15) is 0 Å². The lowest BCUT2D eigenvalue weighted by molar-refractivity contribution is 0.0473. The zero-order valence-electron chi connectivity index (χ0n) is 13.0. The fourth-order valence-corrected chi connectivity index (χ4v) is 2.34. The molecule has 0 saturated heterocycles. The maximum absolute atomic E-state index is 12.1. The maximum Gasteiger partial charge on any atom is 0.338 e. The summed E-state index contributed by atoms with van der Waals surface area (Å²) in [7, 11) is 0. The molecule has 0 radical (unpaired) electrons. The van der Waals surface area contributed by atoms with Crippen LogP contribution in [0.5, 0.6) is 28.7 Å². The SMILES string of the molecule is O=C(OCc1cc(=O)oc2c(O)c(O)ccc12)c1cc(O)c(O)c(O)c1. The van der Waals surface area contributed by atoms with Gasteiger partial charge in [-0.25, -0.2) is 9.59 Å². The van der Waals surface area contributed by atoms with Gasteiger partial charge in [-0.05, 0) is 24.3 Å². The molecule has 3 rings (SSSR count). The Balaban J connectivity index is 1.92. The Morgan fingerprint density at radius 2 is 1.58 bits per heavy atom. The smallest absolute Gasteiger partial charge is 0.338 e. The van der Waals surface area contributed by atoms with Crippen LogP contribution in [0.25, 0.3) is 11.0 Å². The van der Waals surface area contributed by atoms with Crippen molar-refractivity contribution in [2.24, 2.45) is 0 Å². The Bertz CT molecular complexity index is 1060. The van der Waals surface area contributed by atoms with Gasteiger partial charge in [-0.15, -0.1) is 0 Å². The Kier molecular flexibility index (Phi) is 4.05. The molecule has 3 aromatic rings. The highest BCUT2D eigenvalue weighted by atomic mass is 16.5. The Morgan fingerprint density at radius 3 is 2.23 bits per heavy atom. The van der Waals surface area contributed by atoms with Crippen molar-refractivity contribution in [3.63, 3.8) is 0 Å². The van der Waals surface area contributed by atoms with Crippen molar-refractivity contribution in [2.75, 3.05) is 0 Å². The summed E-state index contributed by atoms with van der Waals surface area (Å²) < 4.78 is 9.88. The van der Waals surface area contributed by atoms with Crippen molar-refractivity contribution in [1.82, 2.24) is 0 Å². The van der Waals surface area contributed by atoms with E-state index in [0.717, 1.165) is 18.2 Å². The van der Waals surface area contributed by atoms with Crippen LogP contribution in [0.1, 0.15) is 15.9 Å². The summed E-state index contributed by atoms with van der Waals surface area (Å²) in [5, 5.41) is 47.6. The fourth-order valence-electron chi connectivity index (χ4n) is 2.34. The van der Waals surface area contributed by atoms with Gasteiger partial charge in [-0.1, -0.05) is 0 Å². The molecule has 2 aromatic carbocycles. The van der Waals surface area contributed by atoms with Gasteiger partial charge in [0.05, 0.1) is 5.56 Å². The van der Waals surface area contributed by atoms with Crippen LogP contribution in [-0.4, -0.2) is 31.5 Å². The molecule has 0 aliphatic heterocycles. The number of rotatable bonds is 3. The number of carbonyl (C=O) groups is 1. The molecule has 1 aromatic heterocycles. The molecule has 0 spiro atoms. The molecular formula is C17H12O9. The summed E-state index contributed by atoms with van der Waals surface area (Å²) in [4.78, 5) is 23.7. The minimum atomic E-state index is -0.944. The molecule has 9 heteroatoms. The highest BCUT2D eigenvalue weighted by Gasteiger charge is 2.17. The van der Waals surface area contributed by atoms with E-state index < -0.39 is 46.9 Å². The Labute approximate surface area is 144 Å². The number of hydrogen-bond donors (Lipinski definition) is 5. The van der Waals surface area contributed by atoms with Crippen molar-refractivity contribution in [3.8, 4) is 28.7 Å². The van der Waals surface area contributed by atoms with Gasteiger partial charge in [0.2, 0.25) is 5.75 Å². The predicted octanol–water partition coefficient (Wildman–Crippen LogP) is 1.68. The Hall–Kier alpha value is -3.88. The van der Waals surface area contributed by atoms with E-state index in [4.69, 9.17) is 9.15 Å². The maximum atomic E-state index is 12.1. The second-order valence-corrected chi connectivity index (χ2v) is 5.34. The summed E-state index contributed by atoms with van der Waals surface area (Å²) in [6, 6.07) is 5.41. The second-order valence-electron chi connectivity index (χ2n) is 5.34. The number of benzene rings is 2. The van der Waals surface area contributed by atoms with Crippen molar-refractivity contribution in [1.29, 1.82) is 0 Å². The minimum absolute atomic E-state index is 0.201. The quantitative estimate of drug-likeness (QED) is 0.266. The van der Waals surface area contributed by atoms with Crippen LogP contribution >= 0.6 is 0 Å². The molecule has 0 saturated carbocycles. The van der Waals surface area contributed by atoms with Crippen LogP contribution in [0.4, 0.5) is 0 Å². The molecule has 1 heterocycles. The number of hydrogen-bond acceptors (Lipinski definition) is 9. The first-order valence-electron chi connectivity index (χ1n) is 7.17. The first-order valence-corrected chi connectivity index (χ1v) is 7.17. The van der Waals surface area contributed by atoms with Crippen molar-refractivity contribution in [2.45, 2.75) is 6.61 Å². The van der Waals surface area contributed by atoms with E-state index in [9.17, 15) is 35.1 Å². The molecular weight excluding hydrogens is 348 g/mol. The summed E-state index contributed by atoms with van der Waals surface area (Å²) in [5.74, 6) is -4.24. The fraction of sp³-hybridized carbons (Fsp3) is 0.0588. The van der Waals surface area contributed by atoms with Gasteiger partial charge in [0, 0.05) is 17.0 Å². The van der Waals surface area contributed by atoms with Gasteiger partial charge >= 0.3 is 11.6 Å². The number of phenolic OH excluding ortho intramolecular Hbond substituents is 5. The van der Waals surface area contributed by atoms with Gasteiger partial charge in [0.1, 0.15) is 6.61 Å². The van der Waals surface area contributed by atoms with Crippen LogP contribution in [0.3, 0.4) is 0 Å². The van der Waals surface area contributed by atoms with Gasteiger partial charge in [0.25, 0.3) is 0 Å². The number of ether oxygens (including phenoxy) is 1. The molecule has 0 aliphatic carbocycles. The Morgan fingerprint density at radius 1 is 0.923 bits per heavy atom. The van der Waals surface area contributed by atoms with Crippen molar-refractivity contribution >= 4 is 16.9 Å². The van der Waals surface area contributed by atoms with E-state index in [2.05, 4.69) is 0 Å². The van der Waals surface area contributed by atoms with E-state index in [0.29, 0.717) is 0 Å². The normalized spacial score (nSPS) is 10.8. The first kappa shape index (κ1) is 17.0. The largest absolute Gasteiger partial charge is 0.504 e. The number of carbonyl (C=O) groups excluding carboxylic acids is 1. The number of esters is 1. The topological polar surface area (TPSA) is 158 Å². The average molecular weight is 360 g/mol. The van der Waals surface area contributed by atoms with Crippen LogP contribution in [0, 0.1) is 0 Å². The zero-order chi connectivity index (χ0) is 19.0. The van der Waals surface area contributed by atoms with Crippen molar-refractivity contribution in [3.05, 3.63) is 51.9 Å². The highest BCUT2D eigenvalue weighted by Crippen LogP contribution is 2.36. The summed E-state index contributed by atoms with van der Waals surface area (Å²) in [6.07, 6.45) is 0. The molecule has 0 aliphatic rings. The van der Waals surface area contributed by atoms with E-state index in [1.54, 1.807) is 0 Å². The number of fused-ring (bicyclic) bond motifs is 1. The van der Waals surface area contributed by atoms with E-state index in [1.165, 1.54) is 12.1 Å². The van der Waals surface area contributed by atoms with E-state index in [-0.39, 0.29) is 22.1 Å². The summed E-state index contributed by atoms with van der Waals surface area (Å²) >= 11 is 0. The zero-order valence-corrected chi connectivity index (χ0v) is 13.0. The van der Waals surface area contributed by atoms with Crippen LogP contribution in [0.15, 0.2) is 39.5 Å². The third kappa shape index (κ3) is 2.93. The molecule has 134 valence electrons. The molecule has 9 nitrogen and oxygen atoms in total. The molecule has 0 unspecified atom stereocenters. The van der Waals surface area contributed by atoms with Crippen LogP contribution < -0.4 is 5.63 Å². The molecule has 0 atom stereocenters. The van der Waals surface area contributed by atoms with Crippen molar-refractivity contribution < 1.29 is 39.5 Å². The van der Waals surface area contributed by atoms with Gasteiger partial charge in [0.15, 0.2) is 28.6 Å². The standard InChI is InChI=1S/C17H12O9/c18-10-2-1-9-8(5-13(21)26-16(9)15(10)23)6-25-17(24)7-3-11(19)14(22)12(20)4-7/h1-5,18-20,22-23H,6H2. The van der Waals surface area contributed by atoms with E-state index in [1.807, 2.05) is 0 Å². The van der Waals surface area contributed by atoms with Gasteiger partial charge in [-0.3, -0.25) is 0 Å². The highest BCUT2D eigenvalue weighted by molar-refractivity contribution is 5.91. The third-order valence-corrected chi connectivity index (χ3v) is 3.62. The molecule has 0 fully saturated rings. The predicted molar refractivity (Wildman–Crippen MR) is 86.4 cm³/mol. The summed E-state index contributed by atoms with van der Waals surface area (Å²) in [5.41, 5.74) is -1.12. The lowest BCUT2D eigenvalue weighted by atomic mass is 10.1. The first-order chi connectivity index (χ1) is 12.3. The molecule has 0 amide bonds. The van der Waals surface area contributed by atoms with Crippen LogP contribution in [-0.2, 0) is 11.3 Å². The molecule has 5 N–H and O–H groups in total. The molecule has 0 bridgehead atoms. The summed E-state index contributed by atoms with van der Waals surface area (Å²) in [6.45, 7) is -0.395. The lowest BCUT2D eigenvalue weighted by Crippen LogP contribution is -2.08. The van der Waals surface area contributed by atoms with E-state index >= 15 is 0 Å². The average Bonchev–Trinajstić information content (AvgIpc) is 2.60. The third-order valence-electron chi connectivity index (χ3n) is 3.62. The minimum Gasteiger partial charge on any atom is -0.504 e. The van der Waals surface area contributed by atoms with Gasteiger partial charge < -0.3 is 34.7 Å². The number of aromatic hydroxyl groups is 5. The van der Waals surface area contributed by atoms with Crippen LogP contribution in [0.2, 0.25) is 0 Å². The molecule has 26 heavy (non-hydrogen) atoms. The second kappa shape index (κ2) is 6.20. The monoisotopic (exact) mass is 360 g/mol. The number of phenols is 5. The lowest BCUT2D eigenvalue weighted by Gasteiger charge is -2.09.